The number of rotatable bonds is 3. The normalized spacial score (nSPS) is 19.0. The highest BCUT2D eigenvalue weighted by Gasteiger charge is 2.29. The van der Waals surface area contributed by atoms with Crippen LogP contribution in [0.3, 0.4) is 0 Å². The van der Waals surface area contributed by atoms with Gasteiger partial charge in [0.05, 0.1) is 5.39 Å². The van der Waals surface area contributed by atoms with E-state index in [2.05, 4.69) is 32.3 Å². The average Bonchev–Trinajstić information content (AvgIpc) is 2.89. The molecule has 5 heteroatoms. The number of hydrazine groups is 1. The van der Waals surface area contributed by atoms with Crippen molar-refractivity contribution in [2.45, 2.75) is 58.8 Å². The first kappa shape index (κ1) is 14.7. The van der Waals surface area contributed by atoms with Crippen molar-refractivity contribution in [2.75, 3.05) is 5.43 Å². The maximum absolute atomic E-state index is 5.67. The Morgan fingerprint density at radius 2 is 2.05 bits per heavy atom. The lowest BCUT2D eigenvalue weighted by Gasteiger charge is -2.33. The Kier molecular flexibility index (Phi) is 3.88. The number of thiophene rings is 1. The van der Waals surface area contributed by atoms with E-state index in [1.807, 2.05) is 0 Å². The highest BCUT2D eigenvalue weighted by atomic mass is 32.1. The molecule has 2 aromatic heterocycles. The van der Waals surface area contributed by atoms with Crippen LogP contribution < -0.4 is 11.3 Å². The van der Waals surface area contributed by atoms with Gasteiger partial charge in [0, 0.05) is 10.8 Å². The molecule has 1 aliphatic rings. The molecule has 21 heavy (non-hydrogen) atoms. The maximum atomic E-state index is 5.67. The molecule has 1 fully saturated rings. The number of hydrogen-bond donors (Lipinski definition) is 2. The van der Waals surface area contributed by atoms with Gasteiger partial charge in [0.15, 0.2) is 5.82 Å². The van der Waals surface area contributed by atoms with Crippen LogP contribution in [0, 0.1) is 5.41 Å². The lowest BCUT2D eigenvalue weighted by atomic mass is 9.73. The molecule has 0 saturated heterocycles. The molecule has 1 saturated carbocycles. The van der Waals surface area contributed by atoms with Crippen LogP contribution in [0.1, 0.15) is 63.1 Å². The Morgan fingerprint density at radius 3 is 2.67 bits per heavy atom. The van der Waals surface area contributed by atoms with Crippen molar-refractivity contribution in [1.29, 1.82) is 0 Å². The van der Waals surface area contributed by atoms with Crippen LogP contribution in [0.5, 0.6) is 0 Å². The van der Waals surface area contributed by atoms with Crippen LogP contribution in [0.4, 0.5) is 5.82 Å². The maximum Gasteiger partial charge on any atom is 0.152 e. The van der Waals surface area contributed by atoms with Gasteiger partial charge in [0.2, 0.25) is 0 Å². The molecule has 3 N–H and O–H groups in total. The molecule has 2 aromatic rings. The summed E-state index contributed by atoms with van der Waals surface area (Å²) in [6.45, 7) is 6.87. The Labute approximate surface area is 130 Å². The largest absolute Gasteiger partial charge is 0.308 e. The van der Waals surface area contributed by atoms with Crippen LogP contribution in [0.15, 0.2) is 6.07 Å². The van der Waals surface area contributed by atoms with Crippen molar-refractivity contribution >= 4 is 27.4 Å². The topological polar surface area (TPSA) is 63.8 Å². The summed E-state index contributed by atoms with van der Waals surface area (Å²) < 4.78 is 0. The monoisotopic (exact) mass is 304 g/mol. The zero-order valence-electron chi connectivity index (χ0n) is 13.1. The molecule has 0 amide bonds. The summed E-state index contributed by atoms with van der Waals surface area (Å²) in [6, 6.07) is 2.16. The minimum absolute atomic E-state index is 0.466. The molecule has 0 atom stereocenters. The lowest BCUT2D eigenvalue weighted by molar-refractivity contribution is 0.221. The summed E-state index contributed by atoms with van der Waals surface area (Å²) in [6.07, 6.45) is 5.87. The number of hydrogen-bond acceptors (Lipinski definition) is 5. The molecule has 0 radical (unpaired) electrons. The second kappa shape index (κ2) is 5.54. The summed E-state index contributed by atoms with van der Waals surface area (Å²) in [5.41, 5.74) is 3.22. The summed E-state index contributed by atoms with van der Waals surface area (Å²) in [7, 11) is 0. The van der Waals surface area contributed by atoms with Gasteiger partial charge < -0.3 is 5.43 Å². The third-order valence-electron chi connectivity index (χ3n) is 4.65. The Bertz CT molecular complexity index is 637. The smallest absolute Gasteiger partial charge is 0.152 e. The van der Waals surface area contributed by atoms with Gasteiger partial charge in [-0.05, 0) is 43.6 Å². The minimum Gasteiger partial charge on any atom is -0.308 e. The molecule has 4 nitrogen and oxygen atoms in total. The third kappa shape index (κ3) is 2.90. The van der Waals surface area contributed by atoms with Crippen LogP contribution in [0.2, 0.25) is 0 Å². The van der Waals surface area contributed by atoms with Gasteiger partial charge in [-0.3, -0.25) is 0 Å². The summed E-state index contributed by atoms with van der Waals surface area (Å²) in [4.78, 5) is 11.9. The van der Waals surface area contributed by atoms with E-state index in [-0.39, 0.29) is 0 Å². The van der Waals surface area contributed by atoms with E-state index in [0.29, 0.717) is 11.3 Å². The zero-order chi connectivity index (χ0) is 15.0. The van der Waals surface area contributed by atoms with Gasteiger partial charge in [0.1, 0.15) is 10.7 Å². The second-order valence-corrected chi connectivity index (χ2v) is 7.91. The molecule has 1 aliphatic carbocycles. The number of aromatic nitrogens is 2. The van der Waals surface area contributed by atoms with Crippen molar-refractivity contribution in [1.82, 2.24) is 9.97 Å². The molecule has 114 valence electrons. The fourth-order valence-corrected chi connectivity index (χ4v) is 4.09. The molecular formula is C16H24N4S. The van der Waals surface area contributed by atoms with Crippen molar-refractivity contribution in [3.63, 3.8) is 0 Å². The second-order valence-electron chi connectivity index (χ2n) is 6.80. The molecule has 0 aliphatic heterocycles. The molecule has 0 bridgehead atoms. The van der Waals surface area contributed by atoms with Crippen LogP contribution in [-0.4, -0.2) is 9.97 Å². The number of fused-ring (bicyclic) bond motifs is 1. The van der Waals surface area contributed by atoms with E-state index in [1.165, 1.54) is 30.6 Å². The SMILES string of the molecule is CCc1cc2c(NN)nc(C3CCC(C)(C)CC3)nc2s1. The van der Waals surface area contributed by atoms with Crippen molar-refractivity contribution in [3.05, 3.63) is 16.8 Å². The first-order valence-electron chi connectivity index (χ1n) is 7.79. The van der Waals surface area contributed by atoms with E-state index >= 15 is 0 Å². The number of nitrogens with zero attached hydrogens (tertiary/aromatic N) is 2. The van der Waals surface area contributed by atoms with Gasteiger partial charge in [-0.2, -0.15) is 0 Å². The molecule has 2 heterocycles. The number of aryl methyl sites for hydroxylation is 1. The van der Waals surface area contributed by atoms with E-state index < -0.39 is 0 Å². The third-order valence-corrected chi connectivity index (χ3v) is 5.82. The molecule has 0 unspecified atom stereocenters. The summed E-state index contributed by atoms with van der Waals surface area (Å²) >= 11 is 1.76. The fraction of sp³-hybridized carbons (Fsp3) is 0.625. The Balaban J connectivity index is 1.96. The summed E-state index contributed by atoms with van der Waals surface area (Å²) in [5.74, 6) is 7.89. The van der Waals surface area contributed by atoms with Gasteiger partial charge in [-0.25, -0.2) is 15.8 Å². The van der Waals surface area contributed by atoms with Crippen molar-refractivity contribution in [2.24, 2.45) is 11.3 Å². The Hall–Kier alpha value is -1.20. The first-order valence-corrected chi connectivity index (χ1v) is 8.61. The highest BCUT2D eigenvalue weighted by molar-refractivity contribution is 7.18. The van der Waals surface area contributed by atoms with Gasteiger partial charge >= 0.3 is 0 Å². The van der Waals surface area contributed by atoms with Gasteiger partial charge in [0.25, 0.3) is 0 Å². The molecule has 3 rings (SSSR count). The van der Waals surface area contributed by atoms with E-state index in [9.17, 15) is 0 Å². The average molecular weight is 304 g/mol. The number of anilines is 1. The van der Waals surface area contributed by atoms with Crippen molar-refractivity contribution in [3.8, 4) is 0 Å². The number of nitrogens with two attached hydrogens (primary N) is 1. The predicted octanol–water partition coefficient (Wildman–Crippen LogP) is 4.22. The van der Waals surface area contributed by atoms with Gasteiger partial charge in [-0.15, -0.1) is 11.3 Å². The molecule has 0 aromatic carbocycles. The number of nitrogen functional groups attached to an aromatic ring is 1. The summed E-state index contributed by atoms with van der Waals surface area (Å²) in [5, 5.41) is 1.05. The quantitative estimate of drug-likeness (QED) is 0.658. The highest BCUT2D eigenvalue weighted by Crippen LogP contribution is 2.42. The lowest BCUT2D eigenvalue weighted by Crippen LogP contribution is -2.22. The molecular weight excluding hydrogens is 280 g/mol. The van der Waals surface area contributed by atoms with Gasteiger partial charge in [-0.1, -0.05) is 20.8 Å². The van der Waals surface area contributed by atoms with E-state index in [1.54, 1.807) is 11.3 Å². The zero-order valence-corrected chi connectivity index (χ0v) is 13.9. The van der Waals surface area contributed by atoms with Crippen molar-refractivity contribution < 1.29 is 0 Å². The Morgan fingerprint density at radius 1 is 1.33 bits per heavy atom. The standard InChI is InChI=1S/C16H24N4S/c1-4-11-9-12-14(20-17)18-13(19-15(12)21-11)10-5-7-16(2,3)8-6-10/h9-10H,4-8,17H2,1-3H3,(H,18,19,20). The van der Waals surface area contributed by atoms with Crippen LogP contribution in [-0.2, 0) is 6.42 Å². The van der Waals surface area contributed by atoms with Crippen LogP contribution in [0.25, 0.3) is 10.2 Å². The minimum atomic E-state index is 0.466. The van der Waals surface area contributed by atoms with E-state index in [0.717, 1.165) is 28.3 Å². The van der Waals surface area contributed by atoms with E-state index in [4.69, 9.17) is 15.8 Å². The fourth-order valence-electron chi connectivity index (χ4n) is 3.11. The molecule has 0 spiro atoms. The van der Waals surface area contributed by atoms with Crippen LogP contribution >= 0.6 is 11.3 Å². The number of nitrogens with one attached hydrogen (secondary N) is 1. The predicted molar refractivity (Wildman–Crippen MR) is 89.6 cm³/mol. The first-order chi connectivity index (χ1) is 10.0.